The van der Waals surface area contributed by atoms with E-state index in [1.807, 2.05) is 20.8 Å². The summed E-state index contributed by atoms with van der Waals surface area (Å²) in [6.45, 7) is 8.15. The van der Waals surface area contributed by atoms with Crippen LogP contribution >= 0.6 is 0 Å². The van der Waals surface area contributed by atoms with Crippen molar-refractivity contribution < 1.29 is 14.3 Å². The number of ether oxygens (including phenoxy) is 1. The molecule has 0 aromatic heterocycles. The quantitative estimate of drug-likeness (QED) is 0.823. The minimum absolute atomic E-state index is 0.00341. The van der Waals surface area contributed by atoms with Crippen molar-refractivity contribution in [3.05, 3.63) is 0 Å². The van der Waals surface area contributed by atoms with Gasteiger partial charge in [0, 0.05) is 19.1 Å². The van der Waals surface area contributed by atoms with Crippen LogP contribution in [0, 0.1) is 11.8 Å². The molecule has 0 bridgehead atoms. The van der Waals surface area contributed by atoms with Gasteiger partial charge in [0.2, 0.25) is 11.8 Å². The summed E-state index contributed by atoms with van der Waals surface area (Å²) in [6.07, 6.45) is 2.53. The van der Waals surface area contributed by atoms with E-state index < -0.39 is 0 Å². The molecule has 5 heteroatoms. The van der Waals surface area contributed by atoms with Gasteiger partial charge in [-0.2, -0.15) is 0 Å². The maximum Gasteiger partial charge on any atom is 0.246 e. The molecule has 0 radical (unpaired) electrons. The van der Waals surface area contributed by atoms with Crippen LogP contribution in [-0.2, 0) is 14.3 Å². The molecule has 2 aliphatic heterocycles. The second-order valence-electron chi connectivity index (χ2n) is 6.02. The second kappa shape index (κ2) is 6.57. The minimum atomic E-state index is -0.363. The van der Waals surface area contributed by atoms with Crippen LogP contribution in [0.4, 0.5) is 0 Å². The highest BCUT2D eigenvalue weighted by Crippen LogP contribution is 2.23. The monoisotopic (exact) mass is 282 g/mol. The fourth-order valence-corrected chi connectivity index (χ4v) is 3.03. The topological polar surface area (TPSA) is 58.6 Å². The molecule has 4 atom stereocenters. The van der Waals surface area contributed by atoms with Crippen LogP contribution in [0.15, 0.2) is 0 Å². The fourth-order valence-electron chi connectivity index (χ4n) is 3.03. The number of nitrogens with zero attached hydrogens (tertiary/aromatic N) is 1. The van der Waals surface area contributed by atoms with Gasteiger partial charge in [0.05, 0.1) is 6.61 Å². The number of hydrogen-bond donors (Lipinski definition) is 1. The Bertz CT molecular complexity index is 366. The average molecular weight is 282 g/mol. The van der Waals surface area contributed by atoms with E-state index in [2.05, 4.69) is 5.32 Å². The lowest BCUT2D eigenvalue weighted by molar-refractivity contribution is -0.151. The summed E-state index contributed by atoms with van der Waals surface area (Å²) in [5, 5.41) is 2.91. The zero-order valence-electron chi connectivity index (χ0n) is 12.7. The maximum atomic E-state index is 12.7. The first-order valence-electron chi connectivity index (χ1n) is 7.77. The van der Waals surface area contributed by atoms with Crippen LogP contribution in [0.2, 0.25) is 0 Å². The smallest absolute Gasteiger partial charge is 0.246 e. The maximum absolute atomic E-state index is 12.7. The number of amides is 2. The molecule has 2 aliphatic rings. The number of carbonyl (C=O) groups excluding carboxylic acids is 2. The molecule has 20 heavy (non-hydrogen) atoms. The largest absolute Gasteiger partial charge is 0.381 e. The van der Waals surface area contributed by atoms with E-state index in [0.717, 1.165) is 19.4 Å². The van der Waals surface area contributed by atoms with E-state index in [1.54, 1.807) is 4.90 Å². The average Bonchev–Trinajstić information content (AvgIpc) is 2.95. The molecule has 4 unspecified atom stereocenters. The summed E-state index contributed by atoms with van der Waals surface area (Å²) >= 11 is 0. The molecule has 0 aromatic carbocycles. The van der Waals surface area contributed by atoms with Gasteiger partial charge in [0.1, 0.15) is 12.1 Å². The van der Waals surface area contributed by atoms with Crippen LogP contribution in [0.3, 0.4) is 0 Å². The Morgan fingerprint density at radius 3 is 2.70 bits per heavy atom. The van der Waals surface area contributed by atoms with Gasteiger partial charge in [-0.05, 0) is 18.8 Å². The van der Waals surface area contributed by atoms with Crippen molar-refractivity contribution in [1.82, 2.24) is 10.2 Å². The third-order valence-electron chi connectivity index (χ3n) is 4.60. The van der Waals surface area contributed by atoms with Crippen LogP contribution in [0.25, 0.3) is 0 Å². The predicted octanol–water partition coefficient (Wildman–Crippen LogP) is 1.17. The minimum Gasteiger partial charge on any atom is -0.381 e. The molecule has 114 valence electrons. The first-order chi connectivity index (χ1) is 9.58. The standard InChI is InChI=1S/C15H26N2O3/c1-4-10(3)13-15(19)17(8-11-6-7-20-9-11)12(5-2)14(18)16-13/h10-13H,4-9H2,1-3H3,(H,16,18). The summed E-state index contributed by atoms with van der Waals surface area (Å²) in [7, 11) is 0. The number of rotatable bonds is 5. The number of carbonyl (C=O) groups is 2. The Balaban J connectivity index is 2.13. The molecular formula is C15H26N2O3. The number of hydrogen-bond acceptors (Lipinski definition) is 3. The Morgan fingerprint density at radius 2 is 2.15 bits per heavy atom. The lowest BCUT2D eigenvalue weighted by Gasteiger charge is -2.41. The Kier molecular flexibility index (Phi) is 5.02. The molecule has 2 saturated heterocycles. The lowest BCUT2D eigenvalue weighted by Crippen LogP contribution is -2.65. The molecule has 0 aliphatic carbocycles. The summed E-state index contributed by atoms with van der Waals surface area (Å²) in [4.78, 5) is 26.7. The first-order valence-corrected chi connectivity index (χ1v) is 7.77. The van der Waals surface area contributed by atoms with Crippen LogP contribution in [0.1, 0.15) is 40.0 Å². The van der Waals surface area contributed by atoms with E-state index in [9.17, 15) is 9.59 Å². The van der Waals surface area contributed by atoms with E-state index in [0.29, 0.717) is 25.5 Å². The van der Waals surface area contributed by atoms with Crippen molar-refractivity contribution in [3.8, 4) is 0 Å². The highest BCUT2D eigenvalue weighted by Gasteiger charge is 2.42. The SMILES string of the molecule is CCC(C)C1NC(=O)C(CC)N(CC2CCOC2)C1=O. The van der Waals surface area contributed by atoms with Gasteiger partial charge in [-0.3, -0.25) is 9.59 Å². The van der Waals surface area contributed by atoms with E-state index in [-0.39, 0.29) is 29.8 Å². The molecule has 2 rings (SSSR count). The molecule has 0 spiro atoms. The van der Waals surface area contributed by atoms with E-state index in [1.165, 1.54) is 0 Å². The lowest BCUT2D eigenvalue weighted by atomic mass is 9.92. The van der Waals surface area contributed by atoms with Gasteiger partial charge >= 0.3 is 0 Å². The van der Waals surface area contributed by atoms with Gasteiger partial charge < -0.3 is 15.0 Å². The van der Waals surface area contributed by atoms with Crippen molar-refractivity contribution in [2.24, 2.45) is 11.8 Å². The number of nitrogens with one attached hydrogen (secondary N) is 1. The van der Waals surface area contributed by atoms with Gasteiger partial charge in [0.25, 0.3) is 0 Å². The fraction of sp³-hybridized carbons (Fsp3) is 0.867. The predicted molar refractivity (Wildman–Crippen MR) is 76.1 cm³/mol. The molecule has 5 nitrogen and oxygen atoms in total. The second-order valence-corrected chi connectivity index (χ2v) is 6.02. The Morgan fingerprint density at radius 1 is 1.40 bits per heavy atom. The van der Waals surface area contributed by atoms with Crippen molar-refractivity contribution in [2.45, 2.75) is 52.1 Å². The highest BCUT2D eigenvalue weighted by molar-refractivity contribution is 5.97. The summed E-state index contributed by atoms with van der Waals surface area (Å²) in [6, 6.07) is -0.680. The molecule has 2 amide bonds. The molecule has 0 aromatic rings. The summed E-state index contributed by atoms with van der Waals surface area (Å²) in [5.74, 6) is 0.622. The normalized spacial score (nSPS) is 32.4. The molecule has 2 fully saturated rings. The zero-order valence-corrected chi connectivity index (χ0v) is 12.7. The molecular weight excluding hydrogens is 256 g/mol. The van der Waals surface area contributed by atoms with Gasteiger partial charge in [-0.15, -0.1) is 0 Å². The van der Waals surface area contributed by atoms with Crippen LogP contribution < -0.4 is 5.32 Å². The molecule has 1 N–H and O–H groups in total. The van der Waals surface area contributed by atoms with Gasteiger partial charge in [-0.25, -0.2) is 0 Å². The van der Waals surface area contributed by atoms with Crippen molar-refractivity contribution in [1.29, 1.82) is 0 Å². The van der Waals surface area contributed by atoms with Crippen molar-refractivity contribution >= 4 is 11.8 Å². The van der Waals surface area contributed by atoms with Gasteiger partial charge in [0.15, 0.2) is 0 Å². The van der Waals surface area contributed by atoms with Gasteiger partial charge in [-0.1, -0.05) is 27.2 Å². The molecule has 2 heterocycles. The highest BCUT2D eigenvalue weighted by atomic mass is 16.5. The number of piperazine rings is 1. The summed E-state index contributed by atoms with van der Waals surface area (Å²) in [5.41, 5.74) is 0. The molecule has 0 saturated carbocycles. The van der Waals surface area contributed by atoms with Crippen LogP contribution in [-0.4, -0.2) is 48.6 Å². The Hall–Kier alpha value is -1.10. The Labute approximate surface area is 121 Å². The summed E-state index contributed by atoms with van der Waals surface area (Å²) < 4.78 is 5.39. The van der Waals surface area contributed by atoms with Crippen LogP contribution in [0.5, 0.6) is 0 Å². The third-order valence-corrected chi connectivity index (χ3v) is 4.60. The first kappa shape index (κ1) is 15.3. The van der Waals surface area contributed by atoms with E-state index >= 15 is 0 Å². The third kappa shape index (κ3) is 2.97. The van der Waals surface area contributed by atoms with E-state index in [4.69, 9.17) is 4.74 Å². The van der Waals surface area contributed by atoms with Crippen molar-refractivity contribution in [2.75, 3.05) is 19.8 Å². The van der Waals surface area contributed by atoms with Crippen molar-refractivity contribution in [3.63, 3.8) is 0 Å². The zero-order chi connectivity index (χ0) is 14.7.